The highest BCUT2D eigenvalue weighted by Gasteiger charge is 2.21. The van der Waals surface area contributed by atoms with Gasteiger partial charge in [-0.15, -0.1) is 0 Å². The average molecular weight is 257 g/mol. The van der Waals surface area contributed by atoms with Crippen molar-refractivity contribution in [2.45, 2.75) is 0 Å². The third-order valence-corrected chi connectivity index (χ3v) is 2.27. The van der Waals surface area contributed by atoms with Gasteiger partial charge in [0.05, 0.1) is 25.2 Å². The normalized spacial score (nSPS) is 10.2. The number of hydrogen-bond acceptors (Lipinski definition) is 7. The molecule has 0 saturated carbocycles. The fourth-order valence-electron chi connectivity index (χ4n) is 1.48. The number of nitro groups is 1. The topological polar surface area (TPSA) is 109 Å². The summed E-state index contributed by atoms with van der Waals surface area (Å²) in [4.78, 5) is 15.8. The second-order valence-corrected chi connectivity index (χ2v) is 3.39. The van der Waals surface area contributed by atoms with Crippen molar-refractivity contribution in [1.29, 1.82) is 0 Å². The summed E-state index contributed by atoms with van der Waals surface area (Å²) in [6, 6.07) is 2.67. The molecule has 0 amide bonds. The largest absolute Gasteiger partial charge is 0.481 e. The maximum Gasteiger partial charge on any atom is 0.311 e. The van der Waals surface area contributed by atoms with Crippen LogP contribution in [-0.4, -0.2) is 53.5 Å². The average Bonchev–Trinajstić information content (AvgIpc) is 2.37. The smallest absolute Gasteiger partial charge is 0.311 e. The van der Waals surface area contributed by atoms with Crippen LogP contribution >= 0.6 is 0 Å². The highest BCUT2D eigenvalue weighted by molar-refractivity contribution is 5.59. The number of hydrogen-bond donors (Lipinski definition) is 2. The number of anilines is 1. The molecule has 8 nitrogen and oxygen atoms in total. The third kappa shape index (κ3) is 3.28. The molecule has 0 aliphatic rings. The first-order valence-electron chi connectivity index (χ1n) is 5.30. The Morgan fingerprint density at radius 3 is 2.44 bits per heavy atom. The molecule has 2 N–H and O–H groups in total. The van der Waals surface area contributed by atoms with Crippen molar-refractivity contribution < 1.29 is 19.9 Å². The van der Waals surface area contributed by atoms with Gasteiger partial charge in [0.1, 0.15) is 0 Å². The van der Waals surface area contributed by atoms with Gasteiger partial charge in [0.2, 0.25) is 11.7 Å². The zero-order valence-corrected chi connectivity index (χ0v) is 9.94. The summed E-state index contributed by atoms with van der Waals surface area (Å²) in [5, 5.41) is 28.8. The lowest BCUT2D eigenvalue weighted by Crippen LogP contribution is -2.31. The van der Waals surface area contributed by atoms with E-state index >= 15 is 0 Å². The third-order valence-electron chi connectivity index (χ3n) is 2.27. The van der Waals surface area contributed by atoms with Crippen molar-refractivity contribution in [2.24, 2.45) is 0 Å². The zero-order valence-electron chi connectivity index (χ0n) is 9.94. The number of aliphatic hydroxyl groups is 2. The van der Waals surface area contributed by atoms with E-state index in [-0.39, 0.29) is 43.7 Å². The number of aliphatic hydroxyl groups excluding tert-OH is 2. The van der Waals surface area contributed by atoms with Gasteiger partial charge in [-0.25, -0.2) is 0 Å². The summed E-state index contributed by atoms with van der Waals surface area (Å²) >= 11 is 0. The molecule has 0 unspecified atom stereocenters. The van der Waals surface area contributed by atoms with Crippen LogP contribution in [0, 0.1) is 10.1 Å². The van der Waals surface area contributed by atoms with Crippen LogP contribution in [0.5, 0.6) is 5.88 Å². The first kappa shape index (κ1) is 14.1. The minimum atomic E-state index is -0.566. The molecule has 0 fully saturated rings. The fourth-order valence-corrected chi connectivity index (χ4v) is 1.48. The predicted octanol–water partition coefficient (Wildman–Crippen LogP) is -0.211. The number of rotatable bonds is 7. The second-order valence-electron chi connectivity index (χ2n) is 3.39. The van der Waals surface area contributed by atoms with E-state index in [1.807, 2.05) is 0 Å². The second kappa shape index (κ2) is 6.72. The molecule has 18 heavy (non-hydrogen) atoms. The first-order chi connectivity index (χ1) is 8.63. The fraction of sp³-hybridized carbons (Fsp3) is 0.500. The summed E-state index contributed by atoms with van der Waals surface area (Å²) in [7, 11) is 1.40. The molecule has 8 heteroatoms. The van der Waals surface area contributed by atoms with Crippen LogP contribution in [0.3, 0.4) is 0 Å². The predicted molar refractivity (Wildman–Crippen MR) is 63.8 cm³/mol. The Labute approximate surface area is 104 Å². The molecule has 1 rings (SSSR count). The summed E-state index contributed by atoms with van der Waals surface area (Å²) < 4.78 is 4.91. The summed E-state index contributed by atoms with van der Waals surface area (Å²) in [5.74, 6) is 0.305. The van der Waals surface area contributed by atoms with E-state index in [1.54, 1.807) is 0 Å². The van der Waals surface area contributed by atoms with E-state index in [2.05, 4.69) is 4.98 Å². The molecule has 0 aliphatic carbocycles. The molecule has 1 heterocycles. The molecule has 1 aromatic heterocycles. The first-order valence-corrected chi connectivity index (χ1v) is 5.30. The van der Waals surface area contributed by atoms with Gasteiger partial charge >= 0.3 is 5.69 Å². The monoisotopic (exact) mass is 257 g/mol. The lowest BCUT2D eigenvalue weighted by Gasteiger charge is -2.21. The van der Waals surface area contributed by atoms with Gasteiger partial charge in [-0.1, -0.05) is 0 Å². The Bertz CT molecular complexity index is 406. The molecule has 0 radical (unpaired) electrons. The van der Waals surface area contributed by atoms with Crippen molar-refractivity contribution in [1.82, 2.24) is 4.98 Å². The molecule has 0 bridgehead atoms. The van der Waals surface area contributed by atoms with Gasteiger partial charge in [-0.2, -0.15) is 4.98 Å². The van der Waals surface area contributed by atoms with Crippen molar-refractivity contribution in [2.75, 3.05) is 38.3 Å². The number of nitrogens with zero attached hydrogens (tertiary/aromatic N) is 3. The van der Waals surface area contributed by atoms with Crippen molar-refractivity contribution in [3.8, 4) is 5.88 Å². The van der Waals surface area contributed by atoms with Crippen molar-refractivity contribution in [3.63, 3.8) is 0 Å². The van der Waals surface area contributed by atoms with E-state index in [4.69, 9.17) is 14.9 Å². The van der Waals surface area contributed by atoms with Crippen LogP contribution in [0.4, 0.5) is 11.5 Å². The van der Waals surface area contributed by atoms with Crippen LogP contribution in [-0.2, 0) is 0 Å². The summed E-state index contributed by atoms with van der Waals surface area (Å²) in [5.41, 5.74) is -0.197. The van der Waals surface area contributed by atoms with E-state index in [1.165, 1.54) is 24.1 Å². The molecule has 1 aromatic rings. The number of methoxy groups -OCH3 is 1. The summed E-state index contributed by atoms with van der Waals surface area (Å²) in [6.07, 6.45) is 0. The van der Waals surface area contributed by atoms with E-state index in [9.17, 15) is 10.1 Å². The Hall–Kier alpha value is -1.93. The Balaban J connectivity index is 3.18. The Kier molecular flexibility index (Phi) is 5.28. The molecule has 100 valence electrons. The van der Waals surface area contributed by atoms with Crippen LogP contribution in [0.15, 0.2) is 12.1 Å². The minimum Gasteiger partial charge on any atom is -0.481 e. The lowest BCUT2D eigenvalue weighted by molar-refractivity contribution is -0.384. The van der Waals surface area contributed by atoms with Gasteiger partial charge < -0.3 is 19.8 Å². The molecule has 0 saturated heterocycles. The van der Waals surface area contributed by atoms with Crippen molar-refractivity contribution >= 4 is 11.5 Å². The van der Waals surface area contributed by atoms with E-state index < -0.39 is 4.92 Å². The lowest BCUT2D eigenvalue weighted by atomic mass is 10.3. The molecule has 0 spiro atoms. The van der Waals surface area contributed by atoms with Crippen LogP contribution in [0.2, 0.25) is 0 Å². The van der Waals surface area contributed by atoms with Crippen molar-refractivity contribution in [3.05, 3.63) is 22.2 Å². The van der Waals surface area contributed by atoms with Crippen LogP contribution in [0.1, 0.15) is 0 Å². The summed E-state index contributed by atoms with van der Waals surface area (Å²) in [6.45, 7) is -0.116. The standard InChI is InChI=1S/C10H15N3O5/c1-18-9-3-2-8(13(16)17)10(11-9)12(4-6-14)5-7-15/h2-3,14-15H,4-7H2,1H3. The van der Waals surface area contributed by atoms with Gasteiger partial charge in [-0.3, -0.25) is 10.1 Å². The highest BCUT2D eigenvalue weighted by Crippen LogP contribution is 2.28. The SMILES string of the molecule is COc1ccc([N+](=O)[O-])c(N(CCO)CCO)n1. The molecular weight excluding hydrogens is 242 g/mol. The maximum absolute atomic E-state index is 10.9. The van der Waals surface area contributed by atoms with E-state index in [0.29, 0.717) is 0 Å². The Morgan fingerprint density at radius 2 is 2.00 bits per heavy atom. The van der Waals surface area contributed by atoms with Gasteiger partial charge in [0, 0.05) is 25.2 Å². The quantitative estimate of drug-likeness (QED) is 0.513. The Morgan fingerprint density at radius 1 is 1.39 bits per heavy atom. The molecular formula is C10H15N3O5. The zero-order chi connectivity index (χ0) is 13.5. The van der Waals surface area contributed by atoms with Crippen LogP contribution in [0.25, 0.3) is 0 Å². The van der Waals surface area contributed by atoms with Gasteiger partial charge in [0.15, 0.2) is 0 Å². The minimum absolute atomic E-state index is 0.0717. The number of ether oxygens (including phenoxy) is 1. The molecule has 0 aliphatic heterocycles. The highest BCUT2D eigenvalue weighted by atomic mass is 16.6. The number of aromatic nitrogens is 1. The van der Waals surface area contributed by atoms with Crippen LogP contribution < -0.4 is 9.64 Å². The molecule has 0 atom stereocenters. The van der Waals surface area contributed by atoms with Gasteiger partial charge in [0.25, 0.3) is 0 Å². The number of pyridine rings is 1. The molecule has 0 aromatic carbocycles. The maximum atomic E-state index is 10.9. The van der Waals surface area contributed by atoms with Gasteiger partial charge in [-0.05, 0) is 0 Å². The van der Waals surface area contributed by atoms with E-state index in [0.717, 1.165) is 0 Å².